The molecule has 2 aromatic rings. The molecule has 0 radical (unpaired) electrons. The second-order valence-corrected chi connectivity index (χ2v) is 12.9. The van der Waals surface area contributed by atoms with Crippen LogP contribution < -0.4 is 10.6 Å². The number of aromatic nitrogens is 3. The third-order valence-electron chi connectivity index (χ3n) is 10.6. The van der Waals surface area contributed by atoms with E-state index in [2.05, 4.69) is 30.0 Å². The fraction of sp³-hybridized carbons (Fsp3) is 0.767. The molecule has 8 nitrogen and oxygen atoms in total. The maximum absolute atomic E-state index is 12.7. The summed E-state index contributed by atoms with van der Waals surface area (Å²) in [6.07, 6.45) is 18.5. The first-order chi connectivity index (χ1) is 18.7. The van der Waals surface area contributed by atoms with E-state index in [0.717, 1.165) is 47.5 Å². The van der Waals surface area contributed by atoms with Crippen molar-refractivity contribution in [1.29, 1.82) is 0 Å². The second kappa shape index (κ2) is 10.4. The SMILES string of the molecule is O=C1NCC2(CCCCC2)n2c1cc1cnc(NC3CCC(N4CCN(CC5CCCC5)CC4)CC3)nc12. The van der Waals surface area contributed by atoms with E-state index < -0.39 is 0 Å². The molecule has 0 atom stereocenters. The quantitative estimate of drug-likeness (QED) is 0.611. The molecule has 0 aromatic carbocycles. The van der Waals surface area contributed by atoms with Crippen LogP contribution in [0.2, 0.25) is 0 Å². The van der Waals surface area contributed by atoms with Crippen molar-refractivity contribution in [2.45, 2.75) is 101 Å². The molecule has 0 bridgehead atoms. The summed E-state index contributed by atoms with van der Waals surface area (Å²) in [5.41, 5.74) is 1.65. The fourth-order valence-electron chi connectivity index (χ4n) is 8.37. The molecule has 4 heterocycles. The van der Waals surface area contributed by atoms with Crippen molar-refractivity contribution in [1.82, 2.24) is 29.7 Å². The number of hydrogen-bond acceptors (Lipinski definition) is 6. The summed E-state index contributed by atoms with van der Waals surface area (Å²) in [6.45, 7) is 7.04. The predicted molar refractivity (Wildman–Crippen MR) is 151 cm³/mol. The van der Waals surface area contributed by atoms with Gasteiger partial charge in [-0.3, -0.25) is 9.69 Å². The van der Waals surface area contributed by atoms with Gasteiger partial charge in [0.2, 0.25) is 5.95 Å². The van der Waals surface area contributed by atoms with Crippen molar-refractivity contribution in [2.24, 2.45) is 5.92 Å². The number of hydrogen-bond donors (Lipinski definition) is 2. The monoisotopic (exact) mass is 519 g/mol. The van der Waals surface area contributed by atoms with Crippen LogP contribution in [0, 0.1) is 5.92 Å². The lowest BCUT2D eigenvalue weighted by molar-refractivity contribution is 0.0699. The standard InChI is InChI=1S/C30H45N7O/c38-28-26-18-23-19-31-29(34-27(23)37(26)30(21-32-28)12-4-1-5-13-30)33-24-8-10-25(11-9-24)36-16-14-35(15-17-36)20-22-6-2-3-7-22/h18-19,22,24-25H,1-17,20-21H2,(H,32,38)(H,31,33,34). The van der Waals surface area contributed by atoms with Crippen LogP contribution in [0.4, 0.5) is 5.95 Å². The molecule has 2 aliphatic heterocycles. The normalized spacial score (nSPS) is 29.0. The first-order valence-corrected chi connectivity index (χ1v) is 15.6. The minimum atomic E-state index is -0.0337. The first kappa shape index (κ1) is 24.8. The smallest absolute Gasteiger partial charge is 0.268 e. The Bertz CT molecular complexity index is 1130. The Balaban J connectivity index is 0.977. The largest absolute Gasteiger partial charge is 0.351 e. The highest BCUT2D eigenvalue weighted by atomic mass is 16.2. The number of rotatable bonds is 5. The molecule has 8 heteroatoms. The van der Waals surface area contributed by atoms with Gasteiger partial charge >= 0.3 is 0 Å². The lowest BCUT2D eigenvalue weighted by Crippen LogP contribution is -2.52. The van der Waals surface area contributed by atoms with Gasteiger partial charge in [0.05, 0.1) is 5.54 Å². The van der Waals surface area contributed by atoms with Crippen LogP contribution >= 0.6 is 0 Å². The molecule has 38 heavy (non-hydrogen) atoms. The number of piperazine rings is 1. The summed E-state index contributed by atoms with van der Waals surface area (Å²) in [4.78, 5) is 27.9. The van der Waals surface area contributed by atoms with Gasteiger partial charge in [0, 0.05) is 62.9 Å². The number of nitrogens with one attached hydrogen (secondary N) is 2. The number of fused-ring (bicyclic) bond motifs is 4. The molecule has 4 fully saturated rings. The highest BCUT2D eigenvalue weighted by Gasteiger charge is 2.41. The molecule has 3 saturated carbocycles. The van der Waals surface area contributed by atoms with Crippen LogP contribution in [0.15, 0.2) is 12.3 Å². The van der Waals surface area contributed by atoms with Crippen LogP contribution in [0.25, 0.3) is 11.0 Å². The van der Waals surface area contributed by atoms with Crippen LogP contribution in [0.5, 0.6) is 0 Å². The number of anilines is 1. The fourth-order valence-corrected chi connectivity index (χ4v) is 8.37. The molecule has 0 unspecified atom stereocenters. The number of carbonyl (C=O) groups excluding carboxylic acids is 1. The third kappa shape index (κ3) is 4.72. The Labute approximate surface area is 226 Å². The Morgan fingerprint density at radius 2 is 1.71 bits per heavy atom. The molecule has 206 valence electrons. The van der Waals surface area contributed by atoms with Crippen LogP contribution in [0.3, 0.4) is 0 Å². The number of carbonyl (C=O) groups is 1. The minimum Gasteiger partial charge on any atom is -0.351 e. The number of nitrogens with zero attached hydrogens (tertiary/aromatic N) is 5. The van der Waals surface area contributed by atoms with Crippen molar-refractivity contribution >= 4 is 22.9 Å². The molecule has 3 aliphatic carbocycles. The van der Waals surface area contributed by atoms with Gasteiger partial charge in [-0.2, -0.15) is 4.98 Å². The summed E-state index contributed by atoms with van der Waals surface area (Å²) in [5, 5.41) is 7.81. The average molecular weight is 520 g/mol. The van der Waals surface area contributed by atoms with Crippen molar-refractivity contribution in [2.75, 3.05) is 44.6 Å². The van der Waals surface area contributed by atoms with Crippen LogP contribution in [-0.2, 0) is 5.54 Å². The summed E-state index contributed by atoms with van der Waals surface area (Å²) in [5.74, 6) is 1.71. The Hall–Kier alpha value is -2.19. The summed E-state index contributed by atoms with van der Waals surface area (Å²) in [7, 11) is 0. The van der Waals surface area contributed by atoms with Crippen molar-refractivity contribution < 1.29 is 4.79 Å². The maximum Gasteiger partial charge on any atom is 0.268 e. The lowest BCUT2D eigenvalue weighted by atomic mass is 9.80. The average Bonchev–Trinajstić information content (AvgIpc) is 3.61. The maximum atomic E-state index is 12.7. The Morgan fingerprint density at radius 3 is 2.47 bits per heavy atom. The summed E-state index contributed by atoms with van der Waals surface area (Å²) < 4.78 is 2.27. The zero-order valence-electron chi connectivity index (χ0n) is 23.0. The minimum absolute atomic E-state index is 0.0198. The van der Waals surface area contributed by atoms with Crippen molar-refractivity contribution in [3.63, 3.8) is 0 Å². The van der Waals surface area contributed by atoms with Crippen molar-refractivity contribution in [3.8, 4) is 0 Å². The van der Waals surface area contributed by atoms with E-state index in [1.165, 1.54) is 103 Å². The summed E-state index contributed by atoms with van der Waals surface area (Å²) >= 11 is 0. The topological polar surface area (TPSA) is 78.3 Å². The van der Waals surface area contributed by atoms with Gasteiger partial charge < -0.3 is 20.1 Å². The molecule has 7 rings (SSSR count). The third-order valence-corrected chi connectivity index (χ3v) is 10.6. The van der Waals surface area contributed by atoms with Gasteiger partial charge in [0.25, 0.3) is 5.91 Å². The van der Waals surface area contributed by atoms with Gasteiger partial charge in [-0.15, -0.1) is 0 Å². The van der Waals surface area contributed by atoms with Gasteiger partial charge in [-0.1, -0.05) is 32.1 Å². The zero-order valence-corrected chi connectivity index (χ0v) is 23.0. The van der Waals surface area contributed by atoms with E-state index >= 15 is 0 Å². The molecule has 5 aliphatic rings. The molecule has 1 spiro atoms. The van der Waals surface area contributed by atoms with E-state index in [0.29, 0.717) is 12.6 Å². The Kier molecular flexibility index (Phi) is 6.80. The van der Waals surface area contributed by atoms with Gasteiger partial charge in [0.15, 0.2) is 0 Å². The van der Waals surface area contributed by atoms with Crippen LogP contribution in [-0.4, -0.2) is 81.6 Å². The highest BCUT2D eigenvalue weighted by Crippen LogP contribution is 2.40. The molecule has 2 aromatic heterocycles. The van der Waals surface area contributed by atoms with Gasteiger partial charge in [-0.05, 0) is 63.4 Å². The second-order valence-electron chi connectivity index (χ2n) is 12.9. The molecular weight excluding hydrogens is 474 g/mol. The van der Waals surface area contributed by atoms with Crippen molar-refractivity contribution in [3.05, 3.63) is 18.0 Å². The first-order valence-electron chi connectivity index (χ1n) is 15.6. The van der Waals surface area contributed by atoms with Gasteiger partial charge in [0.1, 0.15) is 11.3 Å². The molecule has 1 saturated heterocycles. The summed E-state index contributed by atoms with van der Waals surface area (Å²) in [6, 6.07) is 3.14. The van der Waals surface area contributed by atoms with E-state index in [1.807, 2.05) is 12.3 Å². The highest BCUT2D eigenvalue weighted by molar-refractivity contribution is 5.99. The molecule has 1 amide bonds. The molecular formula is C30H45N7O. The van der Waals surface area contributed by atoms with E-state index in [-0.39, 0.29) is 11.4 Å². The predicted octanol–water partition coefficient (Wildman–Crippen LogP) is 4.37. The van der Waals surface area contributed by atoms with E-state index in [4.69, 9.17) is 4.98 Å². The number of amides is 1. The van der Waals surface area contributed by atoms with E-state index in [1.54, 1.807) is 0 Å². The van der Waals surface area contributed by atoms with Gasteiger partial charge in [-0.25, -0.2) is 4.98 Å². The lowest BCUT2D eigenvalue weighted by Gasteiger charge is -2.43. The Morgan fingerprint density at radius 1 is 0.947 bits per heavy atom. The zero-order chi connectivity index (χ0) is 25.5. The van der Waals surface area contributed by atoms with Crippen LogP contribution in [0.1, 0.15) is 94.0 Å². The molecule has 2 N–H and O–H groups in total. The van der Waals surface area contributed by atoms with E-state index in [9.17, 15) is 4.79 Å².